The topological polar surface area (TPSA) is 42.0 Å². The second kappa shape index (κ2) is 9.55. The van der Waals surface area contributed by atoms with E-state index in [0.29, 0.717) is 18.8 Å². The van der Waals surface area contributed by atoms with Crippen LogP contribution in [0.4, 0.5) is 18.0 Å². The maximum absolute atomic E-state index is 13.6. The third-order valence-electron chi connectivity index (χ3n) is 4.59. The van der Waals surface area contributed by atoms with Crippen LogP contribution >= 0.6 is 15.9 Å². The molecule has 0 spiro atoms. The van der Waals surface area contributed by atoms with Gasteiger partial charge in [-0.25, -0.2) is 4.79 Å². The number of hydrogen-bond acceptors (Lipinski definition) is 4. The van der Waals surface area contributed by atoms with Gasteiger partial charge < -0.3 is 14.4 Å². The number of halogens is 4. The molecule has 1 aliphatic rings. The summed E-state index contributed by atoms with van der Waals surface area (Å²) < 4.78 is 52.6. The van der Waals surface area contributed by atoms with Crippen molar-refractivity contribution in [1.82, 2.24) is 9.80 Å². The lowest BCUT2D eigenvalue weighted by Crippen LogP contribution is -2.60. The van der Waals surface area contributed by atoms with Crippen LogP contribution in [0, 0.1) is 6.92 Å². The van der Waals surface area contributed by atoms with E-state index in [2.05, 4.69) is 15.9 Å². The molecule has 0 bridgehead atoms. The van der Waals surface area contributed by atoms with E-state index in [4.69, 9.17) is 9.47 Å². The number of benzene rings is 1. The van der Waals surface area contributed by atoms with Gasteiger partial charge in [-0.05, 0) is 46.2 Å². The summed E-state index contributed by atoms with van der Waals surface area (Å²) in [5, 5.41) is 0. The van der Waals surface area contributed by atoms with Crippen LogP contribution in [0.15, 0.2) is 22.7 Å². The second-order valence-corrected chi connectivity index (χ2v) is 8.94. The average molecular weight is 481 g/mol. The maximum atomic E-state index is 13.6. The Morgan fingerprint density at radius 1 is 1.24 bits per heavy atom. The van der Waals surface area contributed by atoms with Crippen molar-refractivity contribution in [2.45, 2.75) is 51.9 Å². The zero-order chi connectivity index (χ0) is 21.8. The lowest BCUT2D eigenvalue weighted by atomic mass is 10.1. The molecule has 9 heteroatoms. The Morgan fingerprint density at radius 3 is 2.55 bits per heavy atom. The quantitative estimate of drug-likeness (QED) is 0.555. The Morgan fingerprint density at radius 2 is 1.93 bits per heavy atom. The summed E-state index contributed by atoms with van der Waals surface area (Å²) in [6.45, 7) is 7.44. The van der Waals surface area contributed by atoms with Crippen molar-refractivity contribution < 1.29 is 27.4 Å². The third kappa shape index (κ3) is 7.06. The molecule has 5 nitrogen and oxygen atoms in total. The fourth-order valence-corrected chi connectivity index (χ4v) is 3.43. The standard InChI is InChI=1S/C20H28BrF3N2O3/c1-14-15(21)7-5-8-16(14)28-12-6-9-25-10-11-26(13-17(25)20(22,23)24)18(27)29-19(2,3)4/h5,7-8,17H,6,9-13H2,1-4H3/t17-/m1/s1. The van der Waals surface area contributed by atoms with Gasteiger partial charge in [0.1, 0.15) is 17.4 Å². The number of amides is 1. The van der Waals surface area contributed by atoms with Crippen molar-refractivity contribution in [1.29, 1.82) is 0 Å². The molecule has 1 saturated heterocycles. The summed E-state index contributed by atoms with van der Waals surface area (Å²) >= 11 is 3.43. The number of carbonyl (C=O) groups excluding carboxylic acids is 1. The summed E-state index contributed by atoms with van der Waals surface area (Å²) in [6, 6.07) is 3.87. The zero-order valence-corrected chi connectivity index (χ0v) is 18.8. The van der Waals surface area contributed by atoms with Crippen LogP contribution in [-0.2, 0) is 4.74 Å². The minimum Gasteiger partial charge on any atom is -0.493 e. The monoisotopic (exact) mass is 480 g/mol. The molecule has 1 fully saturated rings. The van der Waals surface area contributed by atoms with Gasteiger partial charge in [-0.3, -0.25) is 4.90 Å². The molecule has 1 aromatic rings. The molecule has 0 unspecified atom stereocenters. The lowest BCUT2D eigenvalue weighted by molar-refractivity contribution is -0.195. The summed E-state index contributed by atoms with van der Waals surface area (Å²) in [5.41, 5.74) is 0.204. The lowest BCUT2D eigenvalue weighted by Gasteiger charge is -2.42. The van der Waals surface area contributed by atoms with Crippen molar-refractivity contribution in [2.75, 3.05) is 32.8 Å². The fraction of sp³-hybridized carbons (Fsp3) is 0.650. The predicted molar refractivity (Wildman–Crippen MR) is 108 cm³/mol. The van der Waals surface area contributed by atoms with Crippen LogP contribution in [0.2, 0.25) is 0 Å². The van der Waals surface area contributed by atoms with Gasteiger partial charge in [0.2, 0.25) is 0 Å². The first-order valence-electron chi connectivity index (χ1n) is 9.55. The molecule has 1 aromatic carbocycles. The number of hydrogen-bond donors (Lipinski definition) is 0. The van der Waals surface area contributed by atoms with E-state index >= 15 is 0 Å². The van der Waals surface area contributed by atoms with Crippen LogP contribution in [0.5, 0.6) is 5.75 Å². The predicted octanol–water partition coefficient (Wildman–Crippen LogP) is 5.01. The normalized spacial score (nSPS) is 18.6. The Balaban J connectivity index is 1.91. The van der Waals surface area contributed by atoms with E-state index in [-0.39, 0.29) is 19.6 Å². The van der Waals surface area contributed by atoms with Gasteiger partial charge >= 0.3 is 12.3 Å². The first-order chi connectivity index (χ1) is 13.4. The minimum atomic E-state index is -4.43. The van der Waals surface area contributed by atoms with E-state index in [0.717, 1.165) is 14.9 Å². The van der Waals surface area contributed by atoms with Crippen LogP contribution in [0.25, 0.3) is 0 Å². The number of nitrogens with zero attached hydrogens (tertiary/aromatic N) is 2. The zero-order valence-electron chi connectivity index (χ0n) is 17.2. The van der Waals surface area contributed by atoms with Gasteiger partial charge in [0.15, 0.2) is 0 Å². The van der Waals surface area contributed by atoms with Crippen molar-refractivity contribution in [3.05, 3.63) is 28.2 Å². The molecular weight excluding hydrogens is 453 g/mol. The van der Waals surface area contributed by atoms with Crippen LogP contribution < -0.4 is 4.74 Å². The molecule has 1 atom stereocenters. The van der Waals surface area contributed by atoms with Crippen molar-refractivity contribution in [2.24, 2.45) is 0 Å². The molecule has 164 valence electrons. The first kappa shape index (κ1) is 23.8. The van der Waals surface area contributed by atoms with E-state index in [1.165, 1.54) is 4.90 Å². The third-order valence-corrected chi connectivity index (χ3v) is 5.45. The highest BCUT2D eigenvalue weighted by Crippen LogP contribution is 2.29. The van der Waals surface area contributed by atoms with E-state index in [1.54, 1.807) is 20.8 Å². The van der Waals surface area contributed by atoms with Crippen LogP contribution in [-0.4, -0.2) is 66.5 Å². The van der Waals surface area contributed by atoms with Gasteiger partial charge in [-0.1, -0.05) is 22.0 Å². The Hall–Kier alpha value is -1.48. The van der Waals surface area contributed by atoms with Gasteiger partial charge in [0.05, 0.1) is 6.61 Å². The van der Waals surface area contributed by atoms with Gasteiger partial charge in [-0.15, -0.1) is 0 Å². The number of alkyl halides is 3. The van der Waals surface area contributed by atoms with E-state index < -0.39 is 30.5 Å². The van der Waals surface area contributed by atoms with Gasteiger partial charge in [0.25, 0.3) is 0 Å². The highest BCUT2D eigenvalue weighted by atomic mass is 79.9. The Bertz CT molecular complexity index is 707. The van der Waals surface area contributed by atoms with Crippen molar-refractivity contribution in [3.8, 4) is 5.75 Å². The summed E-state index contributed by atoms with van der Waals surface area (Å²) in [5.74, 6) is 0.710. The van der Waals surface area contributed by atoms with Crippen LogP contribution in [0.1, 0.15) is 32.8 Å². The van der Waals surface area contributed by atoms with Crippen molar-refractivity contribution >= 4 is 22.0 Å². The molecular formula is C20H28BrF3N2O3. The number of piperazine rings is 1. The molecule has 1 amide bonds. The Kier molecular flexibility index (Phi) is 7.84. The average Bonchev–Trinajstić information content (AvgIpc) is 2.59. The van der Waals surface area contributed by atoms with Crippen molar-refractivity contribution in [3.63, 3.8) is 0 Å². The maximum Gasteiger partial charge on any atom is 0.410 e. The second-order valence-electron chi connectivity index (χ2n) is 8.08. The minimum absolute atomic E-state index is 0.138. The number of rotatable bonds is 5. The molecule has 0 aromatic heterocycles. The highest BCUT2D eigenvalue weighted by Gasteiger charge is 2.47. The fourth-order valence-electron chi connectivity index (χ4n) is 3.08. The summed E-state index contributed by atoms with van der Waals surface area (Å²) in [6.07, 6.45) is -4.69. The Labute approximate surface area is 178 Å². The highest BCUT2D eigenvalue weighted by molar-refractivity contribution is 9.10. The van der Waals surface area contributed by atoms with E-state index in [9.17, 15) is 18.0 Å². The molecule has 2 rings (SSSR count). The molecule has 0 aliphatic carbocycles. The largest absolute Gasteiger partial charge is 0.493 e. The molecule has 29 heavy (non-hydrogen) atoms. The molecule has 0 N–H and O–H groups in total. The number of carbonyl (C=O) groups is 1. The van der Waals surface area contributed by atoms with Gasteiger partial charge in [-0.2, -0.15) is 13.2 Å². The first-order valence-corrected chi connectivity index (χ1v) is 10.3. The van der Waals surface area contributed by atoms with Crippen LogP contribution in [0.3, 0.4) is 0 Å². The van der Waals surface area contributed by atoms with E-state index in [1.807, 2.05) is 25.1 Å². The molecule has 1 aliphatic heterocycles. The molecule has 0 radical (unpaired) electrons. The molecule has 1 heterocycles. The smallest absolute Gasteiger partial charge is 0.410 e. The SMILES string of the molecule is Cc1c(Br)cccc1OCCCN1CCN(C(=O)OC(C)(C)C)C[C@@H]1C(F)(F)F. The molecule has 0 saturated carbocycles. The van der Waals surface area contributed by atoms with Gasteiger partial charge in [0, 0.05) is 36.2 Å². The number of ether oxygens (including phenoxy) is 2. The summed E-state index contributed by atoms with van der Waals surface area (Å²) in [4.78, 5) is 14.7. The summed E-state index contributed by atoms with van der Waals surface area (Å²) in [7, 11) is 0.